The average Bonchev–Trinajstić information content (AvgIpc) is 3.50. The van der Waals surface area contributed by atoms with Crippen molar-refractivity contribution in [3.05, 3.63) is 90.9 Å². The summed E-state index contributed by atoms with van der Waals surface area (Å²) < 4.78 is 7.40. The van der Waals surface area contributed by atoms with Crippen molar-refractivity contribution < 1.29 is 14.0 Å². The third-order valence-electron chi connectivity index (χ3n) is 5.58. The molecule has 0 bridgehead atoms. The molecule has 7 heteroatoms. The maximum atomic E-state index is 12.6. The number of nitrogens with zero attached hydrogens (tertiary/aromatic N) is 1. The Morgan fingerprint density at radius 2 is 1.68 bits per heavy atom. The lowest BCUT2D eigenvalue weighted by Crippen LogP contribution is -2.14. The molecule has 0 saturated heterocycles. The Labute approximate surface area is 200 Å². The molecule has 34 heavy (non-hydrogen) atoms. The lowest BCUT2D eigenvalue weighted by atomic mass is 10.1. The Kier molecular flexibility index (Phi) is 6.10. The molecule has 0 spiro atoms. The van der Waals surface area contributed by atoms with Gasteiger partial charge in [-0.3, -0.25) is 9.59 Å². The zero-order chi connectivity index (χ0) is 23.5. The zero-order valence-electron chi connectivity index (χ0n) is 18.6. The number of hydrogen-bond acceptors (Lipinski definition) is 4. The standard InChI is InChI=1S/C27H23N3O3S/c1-2-30-23-10-4-3-9-21(23)22-16-19(12-13-24(22)30)28-26(31)17-34-20-8-5-7-18(15-20)29-27(32)25-11-6-14-33-25/h3-16H,2,17H2,1H3,(H,28,31)(H,29,32). The van der Waals surface area contributed by atoms with Crippen molar-refractivity contribution in [3.63, 3.8) is 0 Å². The largest absolute Gasteiger partial charge is 0.459 e. The summed E-state index contributed by atoms with van der Waals surface area (Å²) in [6.45, 7) is 3.02. The number of furan rings is 1. The van der Waals surface area contributed by atoms with Crippen molar-refractivity contribution in [2.75, 3.05) is 16.4 Å². The highest BCUT2D eigenvalue weighted by atomic mass is 32.2. The van der Waals surface area contributed by atoms with Crippen LogP contribution in [0.1, 0.15) is 17.5 Å². The highest BCUT2D eigenvalue weighted by molar-refractivity contribution is 8.00. The number of aryl methyl sites for hydroxylation is 1. The highest BCUT2D eigenvalue weighted by Crippen LogP contribution is 2.31. The Morgan fingerprint density at radius 3 is 2.50 bits per heavy atom. The quantitative estimate of drug-likeness (QED) is 0.271. The van der Waals surface area contributed by atoms with Crippen LogP contribution < -0.4 is 10.6 Å². The van der Waals surface area contributed by atoms with Crippen molar-refractivity contribution in [1.29, 1.82) is 0 Å². The van der Waals surface area contributed by atoms with Gasteiger partial charge in [-0.25, -0.2) is 0 Å². The summed E-state index contributed by atoms with van der Waals surface area (Å²) in [6, 6.07) is 25.0. The smallest absolute Gasteiger partial charge is 0.291 e. The fourth-order valence-corrected chi connectivity index (χ4v) is 4.84. The molecule has 2 aromatic heterocycles. The van der Waals surface area contributed by atoms with Crippen LogP contribution in [0.3, 0.4) is 0 Å². The van der Waals surface area contributed by atoms with E-state index in [0.717, 1.165) is 28.0 Å². The van der Waals surface area contributed by atoms with E-state index in [9.17, 15) is 9.59 Å². The molecule has 2 N–H and O–H groups in total. The van der Waals surface area contributed by atoms with Gasteiger partial charge in [0, 0.05) is 44.6 Å². The first-order chi connectivity index (χ1) is 16.6. The summed E-state index contributed by atoms with van der Waals surface area (Å²) in [5.41, 5.74) is 3.77. The van der Waals surface area contributed by atoms with Gasteiger partial charge in [0.2, 0.25) is 5.91 Å². The van der Waals surface area contributed by atoms with E-state index in [2.05, 4.69) is 40.3 Å². The molecule has 6 nitrogen and oxygen atoms in total. The molecule has 0 saturated carbocycles. The van der Waals surface area contributed by atoms with Crippen LogP contribution in [0, 0.1) is 0 Å². The van der Waals surface area contributed by atoms with Crippen LogP contribution in [0.2, 0.25) is 0 Å². The van der Waals surface area contributed by atoms with E-state index in [4.69, 9.17) is 4.42 Å². The Bertz CT molecular complexity index is 1490. The number of aromatic nitrogens is 1. The minimum Gasteiger partial charge on any atom is -0.459 e. The molecule has 2 heterocycles. The average molecular weight is 470 g/mol. The molecule has 5 rings (SSSR count). The van der Waals surface area contributed by atoms with Gasteiger partial charge in [0.1, 0.15) is 0 Å². The molecule has 0 fully saturated rings. The van der Waals surface area contributed by atoms with Gasteiger partial charge < -0.3 is 19.6 Å². The van der Waals surface area contributed by atoms with E-state index in [-0.39, 0.29) is 23.3 Å². The van der Waals surface area contributed by atoms with E-state index in [0.29, 0.717) is 5.69 Å². The lowest BCUT2D eigenvalue weighted by Gasteiger charge is -2.08. The third-order valence-corrected chi connectivity index (χ3v) is 6.57. The number of fused-ring (bicyclic) bond motifs is 3. The molecule has 0 radical (unpaired) electrons. The molecule has 0 aliphatic heterocycles. The molecule has 5 aromatic rings. The van der Waals surface area contributed by atoms with Crippen molar-refractivity contribution in [1.82, 2.24) is 4.57 Å². The number of thioether (sulfide) groups is 1. The van der Waals surface area contributed by atoms with Gasteiger partial charge in [0.15, 0.2) is 5.76 Å². The molecule has 0 atom stereocenters. The zero-order valence-corrected chi connectivity index (χ0v) is 19.4. The summed E-state index contributed by atoms with van der Waals surface area (Å²) in [5.74, 6) is 0.0967. The highest BCUT2D eigenvalue weighted by Gasteiger charge is 2.12. The number of amides is 2. The Morgan fingerprint density at radius 1 is 0.853 bits per heavy atom. The number of carbonyl (C=O) groups is 2. The van der Waals surface area contributed by atoms with Crippen LogP contribution in [0.15, 0.2) is 94.4 Å². The third kappa shape index (κ3) is 4.43. The topological polar surface area (TPSA) is 76.3 Å². The predicted molar refractivity (Wildman–Crippen MR) is 138 cm³/mol. The summed E-state index contributed by atoms with van der Waals surface area (Å²) in [5, 5.41) is 8.12. The first-order valence-electron chi connectivity index (χ1n) is 11.0. The molecule has 0 aliphatic rings. The van der Waals surface area contributed by atoms with Crippen LogP contribution in [-0.4, -0.2) is 22.1 Å². The van der Waals surface area contributed by atoms with Gasteiger partial charge in [-0.2, -0.15) is 0 Å². The van der Waals surface area contributed by atoms with Gasteiger partial charge in [0.25, 0.3) is 5.91 Å². The molecule has 0 aliphatic carbocycles. The van der Waals surface area contributed by atoms with Crippen LogP contribution in [-0.2, 0) is 11.3 Å². The van der Waals surface area contributed by atoms with Crippen molar-refractivity contribution in [2.24, 2.45) is 0 Å². The van der Waals surface area contributed by atoms with E-state index < -0.39 is 0 Å². The van der Waals surface area contributed by atoms with Crippen LogP contribution in [0.25, 0.3) is 21.8 Å². The van der Waals surface area contributed by atoms with Gasteiger partial charge in [-0.15, -0.1) is 11.8 Å². The van der Waals surface area contributed by atoms with Crippen LogP contribution in [0.5, 0.6) is 0 Å². The summed E-state index contributed by atoms with van der Waals surface area (Å²) in [6.07, 6.45) is 1.46. The van der Waals surface area contributed by atoms with Gasteiger partial charge in [-0.05, 0) is 61.5 Å². The van der Waals surface area contributed by atoms with E-state index >= 15 is 0 Å². The first-order valence-corrected chi connectivity index (χ1v) is 12.0. The molecule has 0 unspecified atom stereocenters. The number of carbonyl (C=O) groups excluding carboxylic acids is 2. The van der Waals surface area contributed by atoms with E-state index in [1.807, 2.05) is 42.5 Å². The maximum Gasteiger partial charge on any atom is 0.291 e. The Balaban J connectivity index is 1.25. The van der Waals surface area contributed by atoms with E-state index in [1.165, 1.54) is 28.9 Å². The Hall–Kier alpha value is -3.97. The number of anilines is 2. The molecular weight excluding hydrogens is 446 g/mol. The molecular formula is C27H23N3O3S. The SMILES string of the molecule is CCn1c2ccccc2c2cc(NC(=O)CSc3cccc(NC(=O)c4ccco4)c3)ccc21. The number of rotatable bonds is 7. The van der Waals surface area contributed by atoms with Crippen molar-refractivity contribution in [3.8, 4) is 0 Å². The van der Waals surface area contributed by atoms with Crippen molar-refractivity contribution in [2.45, 2.75) is 18.4 Å². The first kappa shape index (κ1) is 21.9. The van der Waals surface area contributed by atoms with E-state index in [1.54, 1.807) is 18.2 Å². The minimum absolute atomic E-state index is 0.0893. The van der Waals surface area contributed by atoms with Gasteiger partial charge in [-0.1, -0.05) is 24.3 Å². The molecule has 170 valence electrons. The fraction of sp³-hybridized carbons (Fsp3) is 0.111. The summed E-state index contributed by atoms with van der Waals surface area (Å²) in [7, 11) is 0. The van der Waals surface area contributed by atoms with Gasteiger partial charge >= 0.3 is 0 Å². The fourth-order valence-electron chi connectivity index (χ4n) is 4.08. The monoisotopic (exact) mass is 469 g/mol. The number of hydrogen-bond donors (Lipinski definition) is 2. The molecule has 3 aromatic carbocycles. The van der Waals surface area contributed by atoms with Crippen LogP contribution >= 0.6 is 11.8 Å². The second kappa shape index (κ2) is 9.49. The van der Waals surface area contributed by atoms with Crippen molar-refractivity contribution >= 4 is 56.8 Å². The van der Waals surface area contributed by atoms with Crippen LogP contribution in [0.4, 0.5) is 11.4 Å². The second-order valence-electron chi connectivity index (χ2n) is 7.79. The summed E-state index contributed by atoms with van der Waals surface area (Å²) >= 11 is 1.41. The number of nitrogens with one attached hydrogen (secondary N) is 2. The summed E-state index contributed by atoms with van der Waals surface area (Å²) in [4.78, 5) is 25.7. The second-order valence-corrected chi connectivity index (χ2v) is 8.84. The maximum absolute atomic E-state index is 12.6. The lowest BCUT2D eigenvalue weighted by molar-refractivity contribution is -0.113. The number of benzene rings is 3. The minimum atomic E-state index is -0.315. The van der Waals surface area contributed by atoms with Gasteiger partial charge in [0.05, 0.1) is 12.0 Å². The molecule has 2 amide bonds. The number of para-hydroxylation sites is 1. The predicted octanol–water partition coefficient (Wildman–Crippen LogP) is 6.39. The normalized spacial score (nSPS) is 11.1.